The lowest BCUT2D eigenvalue weighted by Crippen LogP contribution is -2.24. The van der Waals surface area contributed by atoms with Crippen LogP contribution in [0.25, 0.3) is 0 Å². The zero-order valence-corrected chi connectivity index (χ0v) is 12.8. The SMILES string of the molecule is O=C(CCc1ccc(O)cc1)NCCCCc1ccccc1. The minimum atomic E-state index is 0.0905. The summed E-state index contributed by atoms with van der Waals surface area (Å²) in [6.45, 7) is 0.737. The van der Waals surface area contributed by atoms with Gasteiger partial charge in [-0.05, 0) is 48.9 Å². The smallest absolute Gasteiger partial charge is 0.220 e. The van der Waals surface area contributed by atoms with Crippen molar-refractivity contribution in [1.82, 2.24) is 5.32 Å². The quantitative estimate of drug-likeness (QED) is 0.733. The molecule has 0 atom stereocenters. The molecule has 2 rings (SSSR count). The monoisotopic (exact) mass is 297 g/mol. The molecule has 0 unspecified atom stereocenters. The molecule has 0 aliphatic rings. The summed E-state index contributed by atoms with van der Waals surface area (Å²) < 4.78 is 0. The van der Waals surface area contributed by atoms with E-state index in [9.17, 15) is 9.90 Å². The van der Waals surface area contributed by atoms with E-state index < -0.39 is 0 Å². The average Bonchev–Trinajstić information content (AvgIpc) is 2.55. The molecule has 0 saturated carbocycles. The topological polar surface area (TPSA) is 49.3 Å². The number of hydrogen-bond acceptors (Lipinski definition) is 2. The Bertz CT molecular complexity index is 564. The summed E-state index contributed by atoms with van der Waals surface area (Å²) in [6, 6.07) is 17.4. The van der Waals surface area contributed by atoms with Crippen molar-refractivity contribution >= 4 is 5.91 Å². The molecule has 1 amide bonds. The molecule has 0 fully saturated rings. The molecular weight excluding hydrogens is 274 g/mol. The number of phenols is 1. The van der Waals surface area contributed by atoms with Gasteiger partial charge in [0.25, 0.3) is 0 Å². The molecule has 116 valence electrons. The molecule has 3 nitrogen and oxygen atoms in total. The van der Waals surface area contributed by atoms with Crippen LogP contribution in [0.3, 0.4) is 0 Å². The van der Waals surface area contributed by atoms with E-state index in [4.69, 9.17) is 0 Å². The summed E-state index contributed by atoms with van der Waals surface area (Å²) >= 11 is 0. The third-order valence-electron chi connectivity index (χ3n) is 3.63. The van der Waals surface area contributed by atoms with Crippen molar-refractivity contribution in [3.63, 3.8) is 0 Å². The molecule has 2 N–H and O–H groups in total. The maximum absolute atomic E-state index is 11.8. The molecule has 0 aromatic heterocycles. The number of aryl methyl sites for hydroxylation is 2. The van der Waals surface area contributed by atoms with Crippen LogP contribution in [0.2, 0.25) is 0 Å². The third kappa shape index (κ3) is 6.00. The van der Waals surface area contributed by atoms with Crippen molar-refractivity contribution < 1.29 is 9.90 Å². The number of hydrogen-bond donors (Lipinski definition) is 2. The van der Waals surface area contributed by atoms with Crippen LogP contribution in [0.15, 0.2) is 54.6 Å². The highest BCUT2D eigenvalue weighted by atomic mass is 16.3. The fourth-order valence-corrected chi connectivity index (χ4v) is 2.34. The summed E-state index contributed by atoms with van der Waals surface area (Å²) in [6.07, 6.45) is 4.34. The zero-order valence-electron chi connectivity index (χ0n) is 12.8. The van der Waals surface area contributed by atoms with Crippen LogP contribution < -0.4 is 5.32 Å². The Hall–Kier alpha value is -2.29. The van der Waals surface area contributed by atoms with Gasteiger partial charge in [-0.25, -0.2) is 0 Å². The van der Waals surface area contributed by atoms with Crippen LogP contribution in [0, 0.1) is 0 Å². The lowest BCUT2D eigenvalue weighted by molar-refractivity contribution is -0.121. The molecule has 2 aromatic rings. The van der Waals surface area contributed by atoms with Gasteiger partial charge in [-0.2, -0.15) is 0 Å². The van der Waals surface area contributed by atoms with Gasteiger partial charge in [0.05, 0.1) is 0 Å². The molecule has 0 aliphatic heterocycles. The number of amides is 1. The maximum atomic E-state index is 11.8. The Morgan fingerprint density at radius 3 is 2.27 bits per heavy atom. The summed E-state index contributed by atoms with van der Waals surface area (Å²) in [5, 5.41) is 12.2. The normalized spacial score (nSPS) is 10.4. The lowest BCUT2D eigenvalue weighted by Gasteiger charge is -2.06. The number of rotatable bonds is 8. The highest BCUT2D eigenvalue weighted by Gasteiger charge is 2.02. The molecule has 22 heavy (non-hydrogen) atoms. The fraction of sp³-hybridized carbons (Fsp3) is 0.316. The van der Waals surface area contributed by atoms with Gasteiger partial charge in [-0.15, -0.1) is 0 Å². The van der Waals surface area contributed by atoms with Crippen LogP contribution in [-0.2, 0) is 17.6 Å². The number of phenolic OH excluding ortho intramolecular Hbond substituents is 1. The maximum Gasteiger partial charge on any atom is 0.220 e. The number of benzene rings is 2. The second-order valence-corrected chi connectivity index (χ2v) is 5.46. The van der Waals surface area contributed by atoms with Gasteiger partial charge in [-0.3, -0.25) is 4.79 Å². The molecule has 2 aromatic carbocycles. The summed E-state index contributed by atoms with van der Waals surface area (Å²) in [5.41, 5.74) is 2.41. The van der Waals surface area contributed by atoms with E-state index in [0.29, 0.717) is 12.8 Å². The molecule has 0 bridgehead atoms. The van der Waals surface area contributed by atoms with Crippen LogP contribution >= 0.6 is 0 Å². The molecule has 0 aliphatic carbocycles. The molecular formula is C19H23NO2. The van der Waals surface area contributed by atoms with E-state index >= 15 is 0 Å². The van der Waals surface area contributed by atoms with E-state index in [-0.39, 0.29) is 11.7 Å². The Balaban J connectivity index is 1.55. The van der Waals surface area contributed by atoms with Crippen LogP contribution in [0.1, 0.15) is 30.4 Å². The Morgan fingerprint density at radius 1 is 0.864 bits per heavy atom. The first-order valence-electron chi connectivity index (χ1n) is 7.82. The van der Waals surface area contributed by atoms with Gasteiger partial charge in [0, 0.05) is 13.0 Å². The van der Waals surface area contributed by atoms with Crippen molar-refractivity contribution in [3.8, 4) is 5.75 Å². The first kappa shape index (κ1) is 16.1. The van der Waals surface area contributed by atoms with Crippen LogP contribution in [0.4, 0.5) is 0 Å². The Morgan fingerprint density at radius 2 is 1.55 bits per heavy atom. The van der Waals surface area contributed by atoms with Crippen molar-refractivity contribution in [2.75, 3.05) is 6.54 Å². The predicted molar refractivity (Wildman–Crippen MR) is 88.8 cm³/mol. The van der Waals surface area contributed by atoms with Crippen molar-refractivity contribution in [1.29, 1.82) is 0 Å². The number of aromatic hydroxyl groups is 1. The van der Waals surface area contributed by atoms with Gasteiger partial charge in [0.1, 0.15) is 5.75 Å². The predicted octanol–water partition coefficient (Wildman–Crippen LogP) is 3.46. The zero-order chi connectivity index (χ0) is 15.6. The van der Waals surface area contributed by atoms with Gasteiger partial charge in [-0.1, -0.05) is 42.5 Å². The minimum absolute atomic E-state index is 0.0905. The van der Waals surface area contributed by atoms with Crippen molar-refractivity contribution in [2.45, 2.75) is 32.1 Å². The molecule has 3 heteroatoms. The molecule has 0 saturated heterocycles. The Kier molecular flexibility index (Phi) is 6.49. The number of carbonyl (C=O) groups excluding carboxylic acids is 1. The van der Waals surface area contributed by atoms with Gasteiger partial charge in [0.2, 0.25) is 5.91 Å². The Labute approximate surface area is 132 Å². The van der Waals surface area contributed by atoms with Gasteiger partial charge < -0.3 is 10.4 Å². The first-order chi connectivity index (χ1) is 10.7. The largest absolute Gasteiger partial charge is 0.508 e. The van der Waals surface area contributed by atoms with Crippen molar-refractivity contribution in [2.24, 2.45) is 0 Å². The molecule has 0 heterocycles. The molecule has 0 spiro atoms. The second-order valence-electron chi connectivity index (χ2n) is 5.46. The number of carbonyl (C=O) groups is 1. The molecule has 0 radical (unpaired) electrons. The van der Waals surface area contributed by atoms with E-state index in [1.165, 1.54) is 5.56 Å². The summed E-state index contributed by atoms with van der Waals surface area (Å²) in [7, 11) is 0. The van der Waals surface area contributed by atoms with Crippen molar-refractivity contribution in [3.05, 3.63) is 65.7 Å². The van der Waals surface area contributed by atoms with E-state index in [1.54, 1.807) is 12.1 Å². The van der Waals surface area contributed by atoms with Gasteiger partial charge >= 0.3 is 0 Å². The summed E-state index contributed by atoms with van der Waals surface area (Å²) in [4.78, 5) is 11.8. The number of nitrogens with one attached hydrogen (secondary N) is 1. The second kappa shape index (κ2) is 8.88. The number of unbranched alkanes of at least 4 members (excludes halogenated alkanes) is 1. The lowest BCUT2D eigenvalue weighted by atomic mass is 10.1. The van der Waals surface area contributed by atoms with E-state index in [2.05, 4.69) is 29.6 Å². The third-order valence-corrected chi connectivity index (χ3v) is 3.63. The van der Waals surface area contributed by atoms with E-state index in [0.717, 1.165) is 31.4 Å². The highest BCUT2D eigenvalue weighted by Crippen LogP contribution is 2.11. The van der Waals surface area contributed by atoms with E-state index in [1.807, 2.05) is 18.2 Å². The van der Waals surface area contributed by atoms with Crippen LogP contribution in [-0.4, -0.2) is 17.6 Å². The minimum Gasteiger partial charge on any atom is -0.508 e. The van der Waals surface area contributed by atoms with Gasteiger partial charge in [0.15, 0.2) is 0 Å². The fourth-order valence-electron chi connectivity index (χ4n) is 2.34. The highest BCUT2D eigenvalue weighted by molar-refractivity contribution is 5.76. The van der Waals surface area contributed by atoms with Crippen LogP contribution in [0.5, 0.6) is 5.75 Å². The summed E-state index contributed by atoms with van der Waals surface area (Å²) in [5.74, 6) is 0.347. The standard InChI is InChI=1S/C19H23NO2/c21-18-12-9-17(10-13-18)11-14-19(22)20-15-5-4-8-16-6-2-1-3-7-16/h1-3,6-7,9-10,12-13,21H,4-5,8,11,14-15H2,(H,20,22). The average molecular weight is 297 g/mol. The first-order valence-corrected chi connectivity index (χ1v) is 7.82.